The maximum Gasteiger partial charge on any atom is 0.0643 e. The molecule has 0 N–H and O–H groups in total. The van der Waals surface area contributed by atoms with Crippen LogP contribution in [0.15, 0.2) is 12.4 Å². The van der Waals surface area contributed by atoms with Crippen LogP contribution in [-0.4, -0.2) is 23.2 Å². The Morgan fingerprint density at radius 3 is 2.59 bits per heavy atom. The van der Waals surface area contributed by atoms with Crippen molar-refractivity contribution in [2.45, 2.75) is 45.4 Å². The minimum Gasteiger partial charge on any atom is -0.381 e. The molecule has 1 aromatic rings. The minimum absolute atomic E-state index is 0.0820. The van der Waals surface area contributed by atoms with Crippen LogP contribution in [0.25, 0.3) is 0 Å². The van der Waals surface area contributed by atoms with Crippen LogP contribution in [0.5, 0.6) is 0 Å². The van der Waals surface area contributed by atoms with Gasteiger partial charge >= 0.3 is 0 Å². The van der Waals surface area contributed by atoms with Crippen molar-refractivity contribution in [2.75, 3.05) is 13.2 Å². The first-order valence-electron chi connectivity index (χ1n) is 6.45. The van der Waals surface area contributed by atoms with E-state index in [1.807, 2.05) is 12.4 Å². The maximum absolute atomic E-state index is 5.38. The fraction of sp³-hybridized carbons (Fsp3) is 0.714. The monoisotopic (exact) mass is 234 g/mol. The van der Waals surface area contributed by atoms with Crippen molar-refractivity contribution in [2.24, 2.45) is 5.92 Å². The molecule has 0 saturated carbocycles. The van der Waals surface area contributed by atoms with Crippen molar-refractivity contribution < 1.29 is 4.74 Å². The van der Waals surface area contributed by atoms with Crippen LogP contribution in [0, 0.1) is 5.92 Å². The molecule has 0 aliphatic carbocycles. The molecule has 2 heterocycles. The lowest BCUT2D eigenvalue weighted by Crippen LogP contribution is -2.20. The van der Waals surface area contributed by atoms with E-state index in [1.54, 1.807) is 0 Å². The van der Waals surface area contributed by atoms with Crippen molar-refractivity contribution in [3.63, 3.8) is 0 Å². The molecule has 0 bridgehead atoms. The molecule has 0 spiro atoms. The summed E-state index contributed by atoms with van der Waals surface area (Å²) in [5.74, 6) is 0.716. The summed E-state index contributed by atoms with van der Waals surface area (Å²) >= 11 is 0. The van der Waals surface area contributed by atoms with Crippen LogP contribution < -0.4 is 0 Å². The second kappa shape index (κ2) is 5.13. The predicted octanol–water partition coefficient (Wildman–Crippen LogP) is 2.74. The minimum atomic E-state index is 0.0820. The number of hydrogen-bond donors (Lipinski definition) is 0. The normalized spacial score (nSPS) is 18.3. The third kappa shape index (κ3) is 3.50. The lowest BCUT2D eigenvalue weighted by atomic mass is 9.91. The van der Waals surface area contributed by atoms with Gasteiger partial charge in [-0.1, -0.05) is 20.8 Å². The van der Waals surface area contributed by atoms with Gasteiger partial charge in [-0.15, -0.1) is 0 Å². The molecule has 17 heavy (non-hydrogen) atoms. The third-order valence-corrected chi connectivity index (χ3v) is 3.29. The average molecular weight is 234 g/mol. The summed E-state index contributed by atoms with van der Waals surface area (Å²) in [7, 11) is 0. The number of aromatic nitrogens is 2. The smallest absolute Gasteiger partial charge is 0.0643 e. The molecule has 3 nitrogen and oxygen atoms in total. The Hall–Kier alpha value is -0.960. The van der Waals surface area contributed by atoms with E-state index < -0.39 is 0 Å². The van der Waals surface area contributed by atoms with Gasteiger partial charge in [0, 0.05) is 31.0 Å². The van der Waals surface area contributed by atoms with E-state index >= 15 is 0 Å². The van der Waals surface area contributed by atoms with E-state index in [9.17, 15) is 0 Å². The van der Waals surface area contributed by atoms with Gasteiger partial charge < -0.3 is 4.74 Å². The molecule has 0 unspecified atom stereocenters. The van der Waals surface area contributed by atoms with E-state index in [4.69, 9.17) is 9.72 Å². The van der Waals surface area contributed by atoms with E-state index in [0.29, 0.717) is 5.92 Å². The zero-order valence-electron chi connectivity index (χ0n) is 11.1. The molecule has 0 radical (unpaired) electrons. The Morgan fingerprint density at radius 2 is 1.94 bits per heavy atom. The summed E-state index contributed by atoms with van der Waals surface area (Å²) in [4.78, 5) is 9.06. The third-order valence-electron chi connectivity index (χ3n) is 3.29. The van der Waals surface area contributed by atoms with Gasteiger partial charge in [-0.3, -0.25) is 9.97 Å². The largest absolute Gasteiger partial charge is 0.381 e. The van der Waals surface area contributed by atoms with Gasteiger partial charge in [0.2, 0.25) is 0 Å². The fourth-order valence-corrected chi connectivity index (χ4v) is 2.11. The highest BCUT2D eigenvalue weighted by atomic mass is 16.5. The number of ether oxygens (including phenoxy) is 1. The lowest BCUT2D eigenvalue weighted by molar-refractivity contribution is 0.0662. The van der Waals surface area contributed by atoms with Crippen molar-refractivity contribution >= 4 is 0 Å². The van der Waals surface area contributed by atoms with Crippen molar-refractivity contribution in [3.05, 3.63) is 23.8 Å². The summed E-state index contributed by atoms with van der Waals surface area (Å²) in [6.07, 6.45) is 7.14. The zero-order chi connectivity index (χ0) is 12.3. The summed E-state index contributed by atoms with van der Waals surface area (Å²) < 4.78 is 5.38. The molecule has 0 aromatic carbocycles. The van der Waals surface area contributed by atoms with Crippen molar-refractivity contribution in [3.8, 4) is 0 Å². The molecule has 3 heteroatoms. The van der Waals surface area contributed by atoms with Gasteiger partial charge in [-0.25, -0.2) is 0 Å². The summed E-state index contributed by atoms with van der Waals surface area (Å²) in [6, 6.07) is 0. The molecule has 1 aliphatic rings. The summed E-state index contributed by atoms with van der Waals surface area (Å²) in [5, 5.41) is 0. The number of rotatable bonds is 2. The molecule has 2 rings (SSSR count). The molecule has 1 saturated heterocycles. The summed E-state index contributed by atoms with van der Waals surface area (Å²) in [5.41, 5.74) is 2.30. The molecule has 0 atom stereocenters. The SMILES string of the molecule is CC(C)(C)c1cncc(CC2CCOCC2)n1. The standard InChI is InChI=1S/C14H22N2O/c1-14(2,3)13-10-15-9-12(16-13)8-11-4-6-17-7-5-11/h9-11H,4-8H2,1-3H3. The van der Waals surface area contributed by atoms with Crippen LogP contribution in [0.2, 0.25) is 0 Å². The van der Waals surface area contributed by atoms with Crippen LogP contribution in [0.4, 0.5) is 0 Å². The first-order chi connectivity index (χ1) is 8.05. The van der Waals surface area contributed by atoms with Crippen LogP contribution in [0.1, 0.15) is 45.0 Å². The average Bonchev–Trinajstić information content (AvgIpc) is 2.29. The topological polar surface area (TPSA) is 35.0 Å². The highest BCUT2D eigenvalue weighted by Crippen LogP contribution is 2.22. The molecular formula is C14H22N2O. The second-order valence-corrected chi connectivity index (χ2v) is 5.91. The summed E-state index contributed by atoms with van der Waals surface area (Å²) in [6.45, 7) is 8.33. The number of hydrogen-bond acceptors (Lipinski definition) is 3. The van der Waals surface area contributed by atoms with Gasteiger partial charge in [0.05, 0.1) is 11.4 Å². The van der Waals surface area contributed by atoms with Crippen LogP contribution in [0.3, 0.4) is 0 Å². The van der Waals surface area contributed by atoms with Crippen LogP contribution in [-0.2, 0) is 16.6 Å². The molecule has 1 fully saturated rings. The Labute approximate surface area is 104 Å². The molecule has 94 valence electrons. The molecular weight excluding hydrogens is 212 g/mol. The highest BCUT2D eigenvalue weighted by Gasteiger charge is 2.18. The highest BCUT2D eigenvalue weighted by molar-refractivity contribution is 5.12. The quantitative estimate of drug-likeness (QED) is 0.789. The van der Waals surface area contributed by atoms with Crippen molar-refractivity contribution in [1.82, 2.24) is 9.97 Å². The van der Waals surface area contributed by atoms with E-state index in [1.165, 1.54) is 0 Å². The fourth-order valence-electron chi connectivity index (χ4n) is 2.11. The van der Waals surface area contributed by atoms with Gasteiger partial charge in [-0.05, 0) is 25.2 Å². The molecule has 0 amide bonds. The Bertz CT molecular complexity index is 365. The number of nitrogens with zero attached hydrogens (tertiary/aromatic N) is 2. The first kappa shape index (κ1) is 12.5. The molecule has 1 aliphatic heterocycles. The van der Waals surface area contributed by atoms with Gasteiger partial charge in [0.1, 0.15) is 0 Å². The van der Waals surface area contributed by atoms with Gasteiger partial charge in [0.25, 0.3) is 0 Å². The lowest BCUT2D eigenvalue weighted by Gasteiger charge is -2.22. The second-order valence-electron chi connectivity index (χ2n) is 5.91. The van der Waals surface area contributed by atoms with Gasteiger partial charge in [-0.2, -0.15) is 0 Å². The Kier molecular flexibility index (Phi) is 3.77. The van der Waals surface area contributed by atoms with E-state index in [0.717, 1.165) is 43.9 Å². The predicted molar refractivity (Wildman–Crippen MR) is 68.0 cm³/mol. The van der Waals surface area contributed by atoms with E-state index in [-0.39, 0.29) is 5.41 Å². The van der Waals surface area contributed by atoms with Gasteiger partial charge in [0.15, 0.2) is 0 Å². The maximum atomic E-state index is 5.38. The Balaban J connectivity index is 2.05. The Morgan fingerprint density at radius 1 is 1.24 bits per heavy atom. The zero-order valence-corrected chi connectivity index (χ0v) is 11.1. The van der Waals surface area contributed by atoms with E-state index in [2.05, 4.69) is 25.8 Å². The van der Waals surface area contributed by atoms with Crippen molar-refractivity contribution in [1.29, 1.82) is 0 Å². The van der Waals surface area contributed by atoms with Crippen LogP contribution >= 0.6 is 0 Å². The molecule has 1 aromatic heterocycles. The first-order valence-corrected chi connectivity index (χ1v) is 6.45.